The second-order valence-corrected chi connectivity index (χ2v) is 6.74. The molecule has 1 atom stereocenters. The van der Waals surface area contributed by atoms with Gasteiger partial charge in [-0.3, -0.25) is 0 Å². The van der Waals surface area contributed by atoms with Crippen LogP contribution in [0, 0.1) is 5.92 Å². The van der Waals surface area contributed by atoms with Gasteiger partial charge in [0.1, 0.15) is 0 Å². The lowest BCUT2D eigenvalue weighted by atomic mass is 9.79. The standard InChI is InChI=1S/C9H11Br2NS/c10-6-4-7(13-9(6)11)8(12)5-2-1-3-5/h4-5,8H,1-3,12H2/t8-/m0/s1. The maximum absolute atomic E-state index is 6.15. The highest BCUT2D eigenvalue weighted by Crippen LogP contribution is 2.42. The first kappa shape index (κ1) is 10.1. The largest absolute Gasteiger partial charge is 0.323 e. The highest BCUT2D eigenvalue weighted by Gasteiger charge is 2.26. The minimum absolute atomic E-state index is 0.251. The lowest BCUT2D eigenvalue weighted by Crippen LogP contribution is -2.25. The van der Waals surface area contributed by atoms with Crippen LogP contribution in [0.2, 0.25) is 0 Å². The quantitative estimate of drug-likeness (QED) is 0.871. The van der Waals surface area contributed by atoms with Crippen LogP contribution in [-0.4, -0.2) is 0 Å². The smallest absolute Gasteiger partial charge is 0.0843 e. The molecule has 1 heterocycles. The van der Waals surface area contributed by atoms with E-state index < -0.39 is 0 Å². The average molecular weight is 325 g/mol. The Morgan fingerprint density at radius 2 is 2.15 bits per heavy atom. The van der Waals surface area contributed by atoms with Crippen molar-refractivity contribution in [1.29, 1.82) is 0 Å². The number of hydrogen-bond donors (Lipinski definition) is 1. The number of nitrogens with two attached hydrogens (primary N) is 1. The first-order valence-corrected chi connectivity index (χ1v) is 6.79. The van der Waals surface area contributed by atoms with Gasteiger partial charge in [-0.25, -0.2) is 0 Å². The van der Waals surface area contributed by atoms with Gasteiger partial charge in [0.25, 0.3) is 0 Å². The van der Waals surface area contributed by atoms with Crippen molar-refractivity contribution < 1.29 is 0 Å². The van der Waals surface area contributed by atoms with E-state index in [1.165, 1.54) is 24.1 Å². The lowest BCUT2D eigenvalue weighted by Gasteiger charge is -2.30. The monoisotopic (exact) mass is 323 g/mol. The Morgan fingerprint density at radius 3 is 2.54 bits per heavy atom. The van der Waals surface area contributed by atoms with Crippen molar-refractivity contribution in [3.05, 3.63) is 19.2 Å². The first-order chi connectivity index (χ1) is 6.18. The summed E-state index contributed by atoms with van der Waals surface area (Å²) in [6.07, 6.45) is 3.95. The Bertz CT molecular complexity index is 287. The Kier molecular flexibility index (Phi) is 3.13. The molecule has 1 aliphatic carbocycles. The van der Waals surface area contributed by atoms with E-state index in [9.17, 15) is 0 Å². The molecule has 0 spiro atoms. The second kappa shape index (κ2) is 4.01. The van der Waals surface area contributed by atoms with E-state index in [0.29, 0.717) is 0 Å². The van der Waals surface area contributed by atoms with Gasteiger partial charge in [0.15, 0.2) is 0 Å². The molecule has 0 aliphatic heterocycles. The molecular formula is C9H11Br2NS. The molecule has 0 radical (unpaired) electrons. The molecule has 72 valence electrons. The van der Waals surface area contributed by atoms with Crippen LogP contribution in [0.4, 0.5) is 0 Å². The summed E-state index contributed by atoms with van der Waals surface area (Å²) in [5.74, 6) is 0.720. The summed E-state index contributed by atoms with van der Waals surface area (Å²) in [6.45, 7) is 0. The molecular weight excluding hydrogens is 314 g/mol. The van der Waals surface area contributed by atoms with Gasteiger partial charge in [0.2, 0.25) is 0 Å². The molecule has 1 fully saturated rings. The lowest BCUT2D eigenvalue weighted by molar-refractivity contribution is 0.267. The highest BCUT2D eigenvalue weighted by molar-refractivity contribution is 9.13. The van der Waals surface area contributed by atoms with Crippen LogP contribution < -0.4 is 5.73 Å². The third-order valence-electron chi connectivity index (χ3n) is 2.65. The van der Waals surface area contributed by atoms with Crippen LogP contribution in [0.3, 0.4) is 0 Å². The molecule has 0 saturated heterocycles. The third-order valence-corrected chi connectivity index (χ3v) is 6.01. The minimum atomic E-state index is 0.251. The Balaban J connectivity index is 2.14. The van der Waals surface area contributed by atoms with Crippen molar-refractivity contribution in [1.82, 2.24) is 0 Å². The Labute approximate surface area is 99.0 Å². The topological polar surface area (TPSA) is 26.0 Å². The van der Waals surface area contributed by atoms with E-state index in [2.05, 4.69) is 37.9 Å². The van der Waals surface area contributed by atoms with E-state index in [1.807, 2.05) is 0 Å². The number of thiophene rings is 1. The van der Waals surface area contributed by atoms with E-state index >= 15 is 0 Å². The second-order valence-electron chi connectivity index (χ2n) is 3.49. The molecule has 2 N–H and O–H groups in total. The van der Waals surface area contributed by atoms with Crippen LogP contribution in [0.5, 0.6) is 0 Å². The Hall–Kier alpha value is 0.620. The fourth-order valence-electron chi connectivity index (χ4n) is 1.56. The van der Waals surface area contributed by atoms with Crippen molar-refractivity contribution in [2.45, 2.75) is 25.3 Å². The fourth-order valence-corrected chi connectivity index (χ4v) is 3.74. The highest BCUT2D eigenvalue weighted by atomic mass is 79.9. The fraction of sp³-hybridized carbons (Fsp3) is 0.556. The molecule has 0 unspecified atom stereocenters. The van der Waals surface area contributed by atoms with Gasteiger partial charge in [0, 0.05) is 15.4 Å². The molecule has 1 aliphatic rings. The summed E-state index contributed by atoms with van der Waals surface area (Å²) in [5.41, 5.74) is 6.15. The van der Waals surface area contributed by atoms with Gasteiger partial charge in [-0.1, -0.05) is 6.42 Å². The molecule has 1 aromatic rings. The van der Waals surface area contributed by atoms with Crippen molar-refractivity contribution in [3.63, 3.8) is 0 Å². The van der Waals surface area contributed by atoms with E-state index in [0.717, 1.165) is 14.2 Å². The molecule has 2 rings (SSSR count). The number of hydrogen-bond acceptors (Lipinski definition) is 2. The molecule has 1 nitrogen and oxygen atoms in total. The van der Waals surface area contributed by atoms with E-state index in [1.54, 1.807) is 11.3 Å². The average Bonchev–Trinajstić information content (AvgIpc) is 2.28. The molecule has 0 aromatic carbocycles. The van der Waals surface area contributed by atoms with Gasteiger partial charge >= 0.3 is 0 Å². The minimum Gasteiger partial charge on any atom is -0.323 e. The normalized spacial score (nSPS) is 19.9. The van der Waals surface area contributed by atoms with Gasteiger partial charge < -0.3 is 5.73 Å². The van der Waals surface area contributed by atoms with Crippen LogP contribution in [0.25, 0.3) is 0 Å². The third kappa shape index (κ3) is 2.01. The van der Waals surface area contributed by atoms with Crippen molar-refractivity contribution in [3.8, 4) is 0 Å². The molecule has 0 amide bonds. The predicted octanol–water partition coefficient (Wildman–Crippen LogP) is 4.07. The zero-order chi connectivity index (χ0) is 9.42. The summed E-state index contributed by atoms with van der Waals surface area (Å²) in [4.78, 5) is 1.29. The van der Waals surface area contributed by atoms with Crippen LogP contribution in [0.1, 0.15) is 30.2 Å². The van der Waals surface area contributed by atoms with Gasteiger partial charge in [0.05, 0.1) is 3.79 Å². The number of halogens is 2. The molecule has 13 heavy (non-hydrogen) atoms. The van der Waals surface area contributed by atoms with Crippen LogP contribution in [0.15, 0.2) is 14.3 Å². The zero-order valence-electron chi connectivity index (χ0n) is 7.09. The van der Waals surface area contributed by atoms with Gasteiger partial charge in [-0.15, -0.1) is 11.3 Å². The van der Waals surface area contributed by atoms with E-state index in [4.69, 9.17) is 5.73 Å². The summed E-state index contributed by atoms with van der Waals surface area (Å²) < 4.78 is 2.28. The molecule has 4 heteroatoms. The first-order valence-electron chi connectivity index (χ1n) is 4.39. The Morgan fingerprint density at radius 1 is 1.46 bits per heavy atom. The maximum Gasteiger partial charge on any atom is 0.0843 e. The molecule has 1 aromatic heterocycles. The van der Waals surface area contributed by atoms with Crippen LogP contribution in [-0.2, 0) is 0 Å². The number of rotatable bonds is 2. The summed E-state index contributed by atoms with van der Waals surface area (Å²) in [7, 11) is 0. The molecule has 0 bridgehead atoms. The van der Waals surface area contributed by atoms with Gasteiger partial charge in [-0.05, 0) is 56.7 Å². The van der Waals surface area contributed by atoms with Crippen molar-refractivity contribution in [2.24, 2.45) is 11.7 Å². The maximum atomic E-state index is 6.15. The van der Waals surface area contributed by atoms with Crippen molar-refractivity contribution >= 4 is 43.2 Å². The van der Waals surface area contributed by atoms with Crippen molar-refractivity contribution in [2.75, 3.05) is 0 Å². The zero-order valence-corrected chi connectivity index (χ0v) is 11.1. The summed E-state index contributed by atoms with van der Waals surface area (Å²) in [5, 5.41) is 0. The SMILES string of the molecule is N[C@H](c1cc(Br)c(Br)s1)C1CCC1. The summed E-state index contributed by atoms with van der Waals surface area (Å²) >= 11 is 8.72. The summed E-state index contributed by atoms with van der Waals surface area (Å²) in [6, 6.07) is 2.39. The molecule has 1 saturated carbocycles. The van der Waals surface area contributed by atoms with Crippen LogP contribution >= 0.6 is 43.2 Å². The predicted molar refractivity (Wildman–Crippen MR) is 64.0 cm³/mol. The van der Waals surface area contributed by atoms with E-state index in [-0.39, 0.29) is 6.04 Å². The van der Waals surface area contributed by atoms with Gasteiger partial charge in [-0.2, -0.15) is 0 Å².